The highest BCUT2D eigenvalue weighted by molar-refractivity contribution is 5.88. The van der Waals surface area contributed by atoms with Crippen LogP contribution in [0.25, 0.3) is 0 Å². The maximum absolute atomic E-state index is 11.4. The Morgan fingerprint density at radius 3 is 2.52 bits per heavy atom. The molecular weight excluding hydrogens is 272 g/mol. The average Bonchev–Trinajstić information content (AvgIpc) is 2.45. The first-order valence-corrected chi connectivity index (χ1v) is 6.63. The maximum atomic E-state index is 11.4. The van der Waals surface area contributed by atoms with E-state index in [0.29, 0.717) is 12.1 Å². The quantitative estimate of drug-likeness (QED) is 0.516. The second-order valence-electron chi connectivity index (χ2n) is 4.57. The van der Waals surface area contributed by atoms with Crippen molar-refractivity contribution >= 4 is 11.9 Å². The number of nitrogens with one attached hydrogen (secondary N) is 2. The third kappa shape index (κ3) is 6.58. The minimum atomic E-state index is -0.984. The van der Waals surface area contributed by atoms with Gasteiger partial charge in [-0.05, 0) is 12.5 Å². The summed E-state index contributed by atoms with van der Waals surface area (Å²) < 4.78 is 0. The Morgan fingerprint density at radius 1 is 1.29 bits per heavy atom. The molecule has 0 saturated heterocycles. The molecule has 0 aliphatic rings. The minimum Gasteiger partial charge on any atom is -0.480 e. The normalized spacial score (nSPS) is 12.6. The second kappa shape index (κ2) is 8.76. The molecule has 6 nitrogen and oxygen atoms in total. The van der Waals surface area contributed by atoms with Crippen molar-refractivity contribution in [3.63, 3.8) is 0 Å². The molecule has 4 N–H and O–H groups in total. The molecule has 1 rings (SSSR count). The summed E-state index contributed by atoms with van der Waals surface area (Å²) in [5.41, 5.74) is 1.35. The molecule has 1 atom stereocenters. The first-order valence-electron chi connectivity index (χ1n) is 6.63. The highest BCUT2D eigenvalue weighted by atomic mass is 16.4. The molecule has 0 radical (unpaired) electrons. The molecule has 21 heavy (non-hydrogen) atoms. The van der Waals surface area contributed by atoms with Crippen LogP contribution in [0.4, 0.5) is 0 Å². The highest BCUT2D eigenvalue weighted by Crippen LogP contribution is 2.05. The second-order valence-corrected chi connectivity index (χ2v) is 4.57. The van der Waals surface area contributed by atoms with E-state index in [1.165, 1.54) is 6.08 Å². The van der Waals surface area contributed by atoms with E-state index in [2.05, 4.69) is 10.6 Å². The number of aliphatic carboxylic acids is 1. The number of allylic oxidation sites excluding steroid dienone is 1. The lowest BCUT2D eigenvalue weighted by atomic mass is 10.1. The van der Waals surface area contributed by atoms with Crippen molar-refractivity contribution in [3.8, 4) is 0 Å². The number of carboxylic acid groups (broad SMARTS) is 1. The molecule has 0 aromatic heterocycles. The SMILES string of the molecule is CC(=CC(=O)NCCO)N[C@@H](Cc1ccccc1)C(=O)O. The average molecular weight is 292 g/mol. The fraction of sp³-hybridized carbons (Fsp3) is 0.333. The number of carbonyl (C=O) groups excluding carboxylic acids is 1. The van der Waals surface area contributed by atoms with Crippen LogP contribution in [0.15, 0.2) is 42.1 Å². The van der Waals surface area contributed by atoms with Gasteiger partial charge in [-0.3, -0.25) is 4.79 Å². The molecule has 1 amide bonds. The lowest BCUT2D eigenvalue weighted by Crippen LogP contribution is -2.38. The van der Waals surface area contributed by atoms with Crippen molar-refractivity contribution in [2.45, 2.75) is 19.4 Å². The number of carboxylic acids is 1. The number of rotatable bonds is 8. The largest absolute Gasteiger partial charge is 0.480 e. The van der Waals surface area contributed by atoms with Gasteiger partial charge in [0.25, 0.3) is 0 Å². The van der Waals surface area contributed by atoms with Crippen LogP contribution in [0, 0.1) is 0 Å². The standard InChI is InChI=1S/C15H20N2O4/c1-11(9-14(19)16-7-8-18)17-13(15(20)21)10-12-5-3-2-4-6-12/h2-6,9,13,17-18H,7-8,10H2,1H3,(H,16,19)(H,20,21)/t13-/m0/s1. The van der Waals surface area contributed by atoms with Crippen molar-refractivity contribution in [3.05, 3.63) is 47.7 Å². The Morgan fingerprint density at radius 2 is 1.95 bits per heavy atom. The van der Waals surface area contributed by atoms with Crippen molar-refractivity contribution in [1.29, 1.82) is 0 Å². The molecule has 6 heteroatoms. The summed E-state index contributed by atoms with van der Waals surface area (Å²) in [5.74, 6) is -1.36. The number of carbonyl (C=O) groups is 2. The highest BCUT2D eigenvalue weighted by Gasteiger charge is 2.17. The summed E-state index contributed by atoms with van der Waals surface area (Å²) in [4.78, 5) is 22.7. The van der Waals surface area contributed by atoms with Gasteiger partial charge in [0.1, 0.15) is 6.04 Å². The number of hydrogen-bond donors (Lipinski definition) is 4. The molecule has 0 heterocycles. The monoisotopic (exact) mass is 292 g/mol. The van der Waals surface area contributed by atoms with Crippen molar-refractivity contribution < 1.29 is 19.8 Å². The zero-order valence-corrected chi connectivity index (χ0v) is 11.9. The summed E-state index contributed by atoms with van der Waals surface area (Å²) in [5, 5.41) is 23.1. The Balaban J connectivity index is 2.64. The molecule has 0 fully saturated rings. The van der Waals surface area contributed by atoms with Gasteiger partial charge in [-0.25, -0.2) is 4.79 Å². The van der Waals surface area contributed by atoms with Crippen LogP contribution in [0.3, 0.4) is 0 Å². The van der Waals surface area contributed by atoms with Crippen LogP contribution >= 0.6 is 0 Å². The molecule has 0 saturated carbocycles. The van der Waals surface area contributed by atoms with Gasteiger partial charge in [0.2, 0.25) is 5.91 Å². The molecular formula is C15H20N2O4. The maximum Gasteiger partial charge on any atom is 0.326 e. The zero-order valence-electron chi connectivity index (χ0n) is 11.9. The number of amides is 1. The lowest BCUT2D eigenvalue weighted by Gasteiger charge is -2.16. The van der Waals surface area contributed by atoms with Gasteiger partial charge in [0.05, 0.1) is 6.61 Å². The molecule has 0 bridgehead atoms. The molecule has 1 aromatic carbocycles. The first kappa shape index (κ1) is 16.7. The summed E-state index contributed by atoms with van der Waals surface area (Å²) in [7, 11) is 0. The van der Waals surface area contributed by atoms with Crippen LogP contribution in [-0.4, -0.2) is 41.3 Å². The van der Waals surface area contributed by atoms with Crippen molar-refractivity contribution in [2.24, 2.45) is 0 Å². The predicted molar refractivity (Wildman–Crippen MR) is 78.6 cm³/mol. The third-order valence-electron chi connectivity index (χ3n) is 2.74. The third-order valence-corrected chi connectivity index (χ3v) is 2.74. The number of aliphatic hydroxyl groups excluding tert-OH is 1. The molecule has 0 aliphatic heterocycles. The van der Waals surface area contributed by atoms with Crippen molar-refractivity contribution in [1.82, 2.24) is 10.6 Å². The smallest absolute Gasteiger partial charge is 0.326 e. The van der Waals surface area contributed by atoms with Crippen LogP contribution in [-0.2, 0) is 16.0 Å². The van der Waals surface area contributed by atoms with Gasteiger partial charge in [-0.2, -0.15) is 0 Å². The Kier molecular flexibility index (Phi) is 6.97. The van der Waals surface area contributed by atoms with Crippen LogP contribution in [0.5, 0.6) is 0 Å². The Bertz CT molecular complexity index is 500. The van der Waals surface area contributed by atoms with E-state index >= 15 is 0 Å². The minimum absolute atomic E-state index is 0.141. The Hall–Kier alpha value is -2.34. The van der Waals surface area contributed by atoms with Gasteiger partial charge in [-0.1, -0.05) is 30.3 Å². The van der Waals surface area contributed by atoms with Crippen LogP contribution < -0.4 is 10.6 Å². The van der Waals surface area contributed by atoms with E-state index in [4.69, 9.17) is 5.11 Å². The first-order chi connectivity index (χ1) is 10.0. The number of benzene rings is 1. The van der Waals surface area contributed by atoms with Gasteiger partial charge in [0.15, 0.2) is 0 Å². The van der Waals surface area contributed by atoms with E-state index < -0.39 is 12.0 Å². The van der Waals surface area contributed by atoms with Gasteiger partial charge in [0, 0.05) is 24.7 Å². The lowest BCUT2D eigenvalue weighted by molar-refractivity contribution is -0.139. The molecule has 0 unspecified atom stereocenters. The topological polar surface area (TPSA) is 98.7 Å². The van der Waals surface area contributed by atoms with Crippen LogP contribution in [0.1, 0.15) is 12.5 Å². The van der Waals surface area contributed by atoms with Crippen LogP contribution in [0.2, 0.25) is 0 Å². The summed E-state index contributed by atoms with van der Waals surface area (Å²) in [6, 6.07) is 8.45. The van der Waals surface area contributed by atoms with E-state index in [0.717, 1.165) is 5.56 Å². The van der Waals surface area contributed by atoms with E-state index in [1.807, 2.05) is 30.3 Å². The molecule has 114 valence electrons. The summed E-state index contributed by atoms with van der Waals surface area (Å²) in [6.45, 7) is 1.65. The fourth-order valence-corrected chi connectivity index (χ4v) is 1.79. The van der Waals surface area contributed by atoms with Crippen molar-refractivity contribution in [2.75, 3.05) is 13.2 Å². The molecule has 0 aliphatic carbocycles. The van der Waals surface area contributed by atoms with Gasteiger partial charge in [-0.15, -0.1) is 0 Å². The van der Waals surface area contributed by atoms with Gasteiger partial charge >= 0.3 is 5.97 Å². The zero-order chi connectivity index (χ0) is 15.7. The summed E-state index contributed by atoms with van der Waals surface area (Å²) >= 11 is 0. The number of aliphatic hydroxyl groups is 1. The van der Waals surface area contributed by atoms with E-state index in [9.17, 15) is 14.7 Å². The van der Waals surface area contributed by atoms with Gasteiger partial charge < -0.3 is 20.8 Å². The molecule has 0 spiro atoms. The number of hydrogen-bond acceptors (Lipinski definition) is 4. The van der Waals surface area contributed by atoms with E-state index in [-0.39, 0.29) is 19.1 Å². The molecule has 1 aromatic rings. The van der Waals surface area contributed by atoms with E-state index in [1.54, 1.807) is 6.92 Å². The predicted octanol–water partition coefficient (Wildman–Crippen LogP) is 0.284. The Labute approximate surface area is 123 Å². The summed E-state index contributed by atoms with van der Waals surface area (Å²) in [6.07, 6.45) is 1.59. The fourth-order valence-electron chi connectivity index (χ4n) is 1.79.